The second-order valence-corrected chi connectivity index (χ2v) is 4.13. The summed E-state index contributed by atoms with van der Waals surface area (Å²) in [4.78, 5) is 13.5. The third kappa shape index (κ3) is 1.57. The van der Waals surface area contributed by atoms with Crippen LogP contribution in [0.5, 0.6) is 0 Å². The van der Waals surface area contributed by atoms with Gasteiger partial charge in [-0.15, -0.1) is 0 Å². The van der Waals surface area contributed by atoms with Crippen LogP contribution in [0.3, 0.4) is 0 Å². The van der Waals surface area contributed by atoms with Gasteiger partial charge in [-0.1, -0.05) is 0 Å². The highest BCUT2D eigenvalue weighted by molar-refractivity contribution is 5.77. The van der Waals surface area contributed by atoms with Gasteiger partial charge in [-0.2, -0.15) is 0 Å². The van der Waals surface area contributed by atoms with Crippen molar-refractivity contribution in [3.05, 3.63) is 0 Å². The first-order valence-electron chi connectivity index (χ1n) is 5.23. The minimum Gasteiger partial charge on any atom is -0.396 e. The Kier molecular flexibility index (Phi) is 2.54. The number of nitrogens with zero attached hydrogens (tertiary/aromatic N) is 1. The van der Waals surface area contributed by atoms with Crippen molar-refractivity contribution in [1.29, 1.82) is 0 Å². The molecule has 2 aliphatic heterocycles. The molecular weight excluding hydrogens is 166 g/mol. The third-order valence-corrected chi connectivity index (χ3v) is 3.36. The largest absolute Gasteiger partial charge is 0.396 e. The first-order chi connectivity index (χ1) is 6.33. The Labute approximate surface area is 78.7 Å². The first kappa shape index (κ1) is 9.00. The highest BCUT2D eigenvalue weighted by atomic mass is 16.3. The molecule has 0 unspecified atom stereocenters. The molecule has 0 bridgehead atoms. The van der Waals surface area contributed by atoms with Gasteiger partial charge in [-0.3, -0.25) is 4.79 Å². The van der Waals surface area contributed by atoms with Crippen LogP contribution < -0.4 is 0 Å². The molecule has 1 amide bonds. The number of fused-ring (bicyclic) bond motifs is 1. The molecular formula is C10H17NO2. The summed E-state index contributed by atoms with van der Waals surface area (Å²) < 4.78 is 0. The van der Waals surface area contributed by atoms with E-state index in [2.05, 4.69) is 0 Å². The summed E-state index contributed by atoms with van der Waals surface area (Å²) in [7, 11) is 0. The van der Waals surface area contributed by atoms with Crippen molar-refractivity contribution in [3.63, 3.8) is 0 Å². The van der Waals surface area contributed by atoms with Crippen LogP contribution in [0.1, 0.15) is 32.1 Å². The van der Waals surface area contributed by atoms with E-state index < -0.39 is 0 Å². The molecule has 0 aromatic carbocycles. The number of rotatable bonds is 1. The molecule has 3 nitrogen and oxygen atoms in total. The van der Waals surface area contributed by atoms with E-state index in [1.165, 1.54) is 0 Å². The monoisotopic (exact) mass is 183 g/mol. The first-order valence-corrected chi connectivity index (χ1v) is 5.23. The van der Waals surface area contributed by atoms with Gasteiger partial charge in [-0.05, 0) is 25.7 Å². The number of aliphatic hydroxyl groups is 1. The summed E-state index contributed by atoms with van der Waals surface area (Å²) >= 11 is 0. The van der Waals surface area contributed by atoms with Crippen molar-refractivity contribution in [1.82, 2.24) is 4.90 Å². The molecule has 0 aliphatic carbocycles. The number of aliphatic hydroxyl groups excluding tert-OH is 1. The van der Waals surface area contributed by atoms with E-state index >= 15 is 0 Å². The van der Waals surface area contributed by atoms with Gasteiger partial charge in [0.2, 0.25) is 5.91 Å². The van der Waals surface area contributed by atoms with Gasteiger partial charge in [0.05, 0.1) is 0 Å². The maximum atomic E-state index is 11.5. The fourth-order valence-corrected chi connectivity index (χ4v) is 2.66. The Hall–Kier alpha value is -0.570. The van der Waals surface area contributed by atoms with Crippen molar-refractivity contribution in [2.24, 2.45) is 5.92 Å². The molecule has 0 saturated carbocycles. The quantitative estimate of drug-likeness (QED) is 0.652. The number of carbonyl (C=O) groups is 1. The van der Waals surface area contributed by atoms with Crippen LogP contribution in [0.25, 0.3) is 0 Å². The van der Waals surface area contributed by atoms with Crippen LogP contribution in [0.4, 0.5) is 0 Å². The summed E-state index contributed by atoms with van der Waals surface area (Å²) in [5, 5.41) is 9.18. The summed E-state index contributed by atoms with van der Waals surface area (Å²) in [6.45, 7) is 1.16. The van der Waals surface area contributed by atoms with Gasteiger partial charge in [0, 0.05) is 31.5 Å². The molecule has 2 fully saturated rings. The van der Waals surface area contributed by atoms with Gasteiger partial charge >= 0.3 is 0 Å². The lowest BCUT2D eigenvalue weighted by molar-refractivity contribution is -0.140. The van der Waals surface area contributed by atoms with Gasteiger partial charge in [0.25, 0.3) is 0 Å². The molecule has 2 heterocycles. The van der Waals surface area contributed by atoms with Crippen molar-refractivity contribution < 1.29 is 9.90 Å². The van der Waals surface area contributed by atoms with Crippen LogP contribution in [0.15, 0.2) is 0 Å². The fraction of sp³-hybridized carbons (Fsp3) is 0.900. The Bertz CT molecular complexity index is 205. The number of amides is 1. The van der Waals surface area contributed by atoms with Gasteiger partial charge in [-0.25, -0.2) is 0 Å². The van der Waals surface area contributed by atoms with Crippen LogP contribution in [0.2, 0.25) is 0 Å². The minimum absolute atomic E-state index is 0.244. The number of carbonyl (C=O) groups excluding carboxylic acids is 1. The Morgan fingerprint density at radius 2 is 2.23 bits per heavy atom. The maximum Gasteiger partial charge on any atom is 0.222 e. The molecule has 2 atom stereocenters. The number of piperidine rings is 2. The van der Waals surface area contributed by atoms with E-state index in [0.29, 0.717) is 24.3 Å². The van der Waals surface area contributed by atoms with E-state index in [1.807, 2.05) is 4.90 Å². The van der Waals surface area contributed by atoms with Crippen molar-refractivity contribution in [3.8, 4) is 0 Å². The molecule has 0 aromatic rings. The molecule has 2 rings (SSSR count). The zero-order valence-corrected chi connectivity index (χ0v) is 7.91. The average molecular weight is 183 g/mol. The highest BCUT2D eigenvalue weighted by Gasteiger charge is 2.35. The average Bonchev–Trinajstić information content (AvgIpc) is 2.18. The standard InChI is InChI=1S/C10H17NO2/c12-7-8-3-2-6-11-9(8)4-1-5-10(11)13/h8-9,12H,1-7H2/t8-,9+/m0/s1. The van der Waals surface area contributed by atoms with Crippen LogP contribution in [-0.2, 0) is 4.79 Å². The zero-order valence-electron chi connectivity index (χ0n) is 7.91. The lowest BCUT2D eigenvalue weighted by atomic mass is 9.84. The Balaban J connectivity index is 2.09. The van der Waals surface area contributed by atoms with Crippen molar-refractivity contribution in [2.45, 2.75) is 38.1 Å². The molecule has 1 N–H and O–H groups in total. The van der Waals surface area contributed by atoms with E-state index in [4.69, 9.17) is 0 Å². The van der Waals surface area contributed by atoms with Gasteiger partial charge in [0.15, 0.2) is 0 Å². The number of hydrogen-bond donors (Lipinski definition) is 1. The zero-order chi connectivity index (χ0) is 9.26. The minimum atomic E-state index is 0.244. The molecule has 13 heavy (non-hydrogen) atoms. The molecule has 2 aliphatic rings. The van der Waals surface area contributed by atoms with E-state index in [9.17, 15) is 9.90 Å². The predicted octanol–water partition coefficient (Wildman–Crippen LogP) is 0.770. The van der Waals surface area contributed by atoms with Crippen molar-refractivity contribution >= 4 is 5.91 Å². The molecule has 0 radical (unpaired) electrons. The smallest absolute Gasteiger partial charge is 0.222 e. The van der Waals surface area contributed by atoms with Crippen LogP contribution >= 0.6 is 0 Å². The number of hydrogen-bond acceptors (Lipinski definition) is 2. The van der Waals surface area contributed by atoms with Gasteiger partial charge in [0.1, 0.15) is 0 Å². The Morgan fingerprint density at radius 1 is 1.38 bits per heavy atom. The lowest BCUT2D eigenvalue weighted by Gasteiger charge is -2.43. The fourth-order valence-electron chi connectivity index (χ4n) is 2.66. The molecule has 0 spiro atoms. The lowest BCUT2D eigenvalue weighted by Crippen LogP contribution is -2.51. The summed E-state index contributed by atoms with van der Waals surface area (Å²) in [6.07, 6.45) is 4.97. The summed E-state index contributed by atoms with van der Waals surface area (Å²) in [5.74, 6) is 0.646. The molecule has 3 heteroatoms. The molecule has 2 saturated heterocycles. The van der Waals surface area contributed by atoms with Crippen LogP contribution in [-0.4, -0.2) is 35.1 Å². The van der Waals surface area contributed by atoms with E-state index in [0.717, 1.165) is 32.2 Å². The summed E-state index contributed by atoms with van der Waals surface area (Å²) in [6, 6.07) is 0.347. The second-order valence-electron chi connectivity index (χ2n) is 4.13. The molecule has 74 valence electrons. The van der Waals surface area contributed by atoms with E-state index in [1.54, 1.807) is 0 Å². The van der Waals surface area contributed by atoms with E-state index in [-0.39, 0.29) is 6.61 Å². The topological polar surface area (TPSA) is 40.5 Å². The predicted molar refractivity (Wildman–Crippen MR) is 49.2 cm³/mol. The van der Waals surface area contributed by atoms with Crippen LogP contribution in [0, 0.1) is 5.92 Å². The second kappa shape index (κ2) is 3.66. The highest BCUT2D eigenvalue weighted by Crippen LogP contribution is 2.30. The maximum absolute atomic E-state index is 11.5. The third-order valence-electron chi connectivity index (χ3n) is 3.36. The SMILES string of the molecule is O=C1CCC[C@@H]2[C@H](CO)CCCN12. The normalized spacial score (nSPS) is 34.5. The summed E-state index contributed by atoms with van der Waals surface area (Å²) in [5.41, 5.74) is 0. The Morgan fingerprint density at radius 3 is 3.00 bits per heavy atom. The molecule has 0 aromatic heterocycles. The van der Waals surface area contributed by atoms with Gasteiger partial charge < -0.3 is 10.0 Å². The van der Waals surface area contributed by atoms with Crippen molar-refractivity contribution in [2.75, 3.05) is 13.2 Å².